The maximum atomic E-state index is 4.65. The lowest BCUT2D eigenvalue weighted by molar-refractivity contribution is 0.554. The third-order valence-electron chi connectivity index (χ3n) is 3.02. The van der Waals surface area contributed by atoms with E-state index in [2.05, 4.69) is 27.2 Å². The Hall–Kier alpha value is -1.81. The number of fused-ring (bicyclic) bond motifs is 1. The summed E-state index contributed by atoms with van der Waals surface area (Å²) >= 11 is 0. The van der Waals surface area contributed by atoms with Gasteiger partial charge in [-0.05, 0) is 12.1 Å². The van der Waals surface area contributed by atoms with Crippen molar-refractivity contribution >= 4 is 0 Å². The number of aromatic nitrogens is 3. The normalized spacial score (nSPS) is 18.8. The molecule has 0 unspecified atom stereocenters. The molecule has 0 spiro atoms. The fourth-order valence-electron chi connectivity index (χ4n) is 2.12. The minimum atomic E-state index is 0.434. The molecule has 0 saturated heterocycles. The Kier molecular flexibility index (Phi) is 2.57. The van der Waals surface area contributed by atoms with Gasteiger partial charge in [-0.15, -0.1) is 0 Å². The predicted octanol–water partition coefficient (Wildman–Crippen LogP) is 1.75. The molecule has 1 atom stereocenters. The van der Waals surface area contributed by atoms with Gasteiger partial charge in [0.05, 0.1) is 5.69 Å². The maximum Gasteiger partial charge on any atom is 0.178 e. The number of hydrogen-bond donors (Lipinski definition) is 1. The zero-order chi connectivity index (χ0) is 11.7. The third kappa shape index (κ3) is 1.91. The van der Waals surface area contributed by atoms with Gasteiger partial charge in [-0.2, -0.15) is 0 Å². The molecule has 4 nitrogen and oxygen atoms in total. The van der Waals surface area contributed by atoms with Crippen LogP contribution >= 0.6 is 0 Å². The minimum Gasteiger partial charge on any atom is -0.312 e. The van der Waals surface area contributed by atoms with Gasteiger partial charge < -0.3 is 5.32 Å². The van der Waals surface area contributed by atoms with Crippen molar-refractivity contribution in [1.82, 2.24) is 20.3 Å². The molecule has 0 amide bonds. The van der Waals surface area contributed by atoms with E-state index in [1.54, 1.807) is 6.20 Å². The third-order valence-corrected chi connectivity index (χ3v) is 3.02. The summed E-state index contributed by atoms with van der Waals surface area (Å²) in [6, 6.07) is 5.79. The van der Waals surface area contributed by atoms with E-state index in [1.165, 1.54) is 5.56 Å². The van der Waals surface area contributed by atoms with E-state index in [-0.39, 0.29) is 0 Å². The molecule has 1 aliphatic rings. The molecule has 0 saturated carbocycles. The minimum absolute atomic E-state index is 0.434. The van der Waals surface area contributed by atoms with Crippen LogP contribution in [0.2, 0.25) is 0 Å². The van der Waals surface area contributed by atoms with Crippen LogP contribution in [0.25, 0.3) is 11.5 Å². The van der Waals surface area contributed by atoms with Crippen LogP contribution in [-0.2, 0) is 6.54 Å². The standard InChI is InChI=1S/C13H14N4/c1-9-6-14-7-10-8-16-13(17-12(9)10)11-4-2-3-5-15-11/h2-5,8-9,14H,6-7H2,1H3/t9-/m0/s1. The molecule has 17 heavy (non-hydrogen) atoms. The van der Waals surface area contributed by atoms with Gasteiger partial charge in [0, 0.05) is 37.0 Å². The van der Waals surface area contributed by atoms with Crippen molar-refractivity contribution in [2.45, 2.75) is 19.4 Å². The number of pyridine rings is 1. The Morgan fingerprint density at radius 2 is 2.24 bits per heavy atom. The highest BCUT2D eigenvalue weighted by Gasteiger charge is 2.18. The average molecular weight is 226 g/mol. The van der Waals surface area contributed by atoms with Gasteiger partial charge in [0.1, 0.15) is 5.69 Å². The molecule has 0 radical (unpaired) electrons. The quantitative estimate of drug-likeness (QED) is 0.804. The van der Waals surface area contributed by atoms with Gasteiger partial charge >= 0.3 is 0 Å². The average Bonchev–Trinajstić information content (AvgIpc) is 2.40. The van der Waals surface area contributed by atoms with Crippen LogP contribution < -0.4 is 5.32 Å². The second-order valence-electron chi connectivity index (χ2n) is 4.35. The van der Waals surface area contributed by atoms with Gasteiger partial charge in [0.25, 0.3) is 0 Å². The predicted molar refractivity (Wildman–Crippen MR) is 65.4 cm³/mol. The van der Waals surface area contributed by atoms with E-state index in [4.69, 9.17) is 0 Å². The Balaban J connectivity index is 2.06. The summed E-state index contributed by atoms with van der Waals surface area (Å²) in [5.74, 6) is 1.15. The van der Waals surface area contributed by atoms with Crippen molar-refractivity contribution in [2.24, 2.45) is 0 Å². The smallest absolute Gasteiger partial charge is 0.178 e. The Morgan fingerprint density at radius 1 is 1.29 bits per heavy atom. The van der Waals surface area contributed by atoms with E-state index in [9.17, 15) is 0 Å². The highest BCUT2D eigenvalue weighted by atomic mass is 15.0. The summed E-state index contributed by atoms with van der Waals surface area (Å²) in [7, 11) is 0. The van der Waals surface area contributed by atoms with Crippen LogP contribution in [0, 0.1) is 0 Å². The van der Waals surface area contributed by atoms with Crippen LogP contribution in [0.1, 0.15) is 24.1 Å². The maximum absolute atomic E-state index is 4.65. The zero-order valence-corrected chi connectivity index (χ0v) is 9.72. The first kappa shape index (κ1) is 10.4. The Bertz CT molecular complexity index is 524. The topological polar surface area (TPSA) is 50.7 Å². The van der Waals surface area contributed by atoms with E-state index in [0.717, 1.165) is 30.3 Å². The molecule has 0 aromatic carbocycles. The summed E-state index contributed by atoms with van der Waals surface area (Å²) in [6.45, 7) is 4.02. The molecule has 2 aromatic heterocycles. The first-order valence-electron chi connectivity index (χ1n) is 5.82. The van der Waals surface area contributed by atoms with Crippen LogP contribution in [0.5, 0.6) is 0 Å². The van der Waals surface area contributed by atoms with Crippen LogP contribution in [0.4, 0.5) is 0 Å². The summed E-state index contributed by atoms with van der Waals surface area (Å²) < 4.78 is 0. The second kappa shape index (κ2) is 4.22. The molecule has 0 fully saturated rings. The lowest BCUT2D eigenvalue weighted by Crippen LogP contribution is -2.28. The van der Waals surface area contributed by atoms with Gasteiger partial charge in [-0.25, -0.2) is 9.97 Å². The van der Waals surface area contributed by atoms with E-state index in [0.29, 0.717) is 5.92 Å². The van der Waals surface area contributed by atoms with Gasteiger partial charge in [0.2, 0.25) is 0 Å². The molecule has 0 aliphatic carbocycles. The fourth-order valence-corrected chi connectivity index (χ4v) is 2.12. The van der Waals surface area contributed by atoms with Crippen molar-refractivity contribution in [2.75, 3.05) is 6.54 Å². The Labute approximate surface area is 100 Å². The second-order valence-corrected chi connectivity index (χ2v) is 4.35. The number of hydrogen-bond acceptors (Lipinski definition) is 4. The summed E-state index contributed by atoms with van der Waals surface area (Å²) in [5.41, 5.74) is 3.18. The van der Waals surface area contributed by atoms with E-state index >= 15 is 0 Å². The molecule has 2 aromatic rings. The number of rotatable bonds is 1. The summed E-state index contributed by atoms with van der Waals surface area (Å²) in [4.78, 5) is 13.3. The van der Waals surface area contributed by atoms with E-state index in [1.807, 2.05) is 24.4 Å². The SMILES string of the molecule is C[C@H]1CNCc2cnc(-c3ccccn3)nc21. The lowest BCUT2D eigenvalue weighted by atomic mass is 9.99. The highest BCUT2D eigenvalue weighted by Crippen LogP contribution is 2.23. The van der Waals surface area contributed by atoms with Crippen molar-refractivity contribution in [1.29, 1.82) is 0 Å². The first-order valence-corrected chi connectivity index (χ1v) is 5.82. The highest BCUT2D eigenvalue weighted by molar-refractivity contribution is 5.49. The number of nitrogens with one attached hydrogen (secondary N) is 1. The van der Waals surface area contributed by atoms with Crippen molar-refractivity contribution in [3.63, 3.8) is 0 Å². The van der Waals surface area contributed by atoms with Crippen molar-refractivity contribution in [3.8, 4) is 11.5 Å². The van der Waals surface area contributed by atoms with Crippen molar-refractivity contribution < 1.29 is 0 Å². The monoisotopic (exact) mass is 226 g/mol. The molecular formula is C13H14N4. The molecule has 1 aliphatic heterocycles. The lowest BCUT2D eigenvalue weighted by Gasteiger charge is -2.22. The molecule has 3 rings (SSSR count). The molecule has 3 heterocycles. The van der Waals surface area contributed by atoms with E-state index < -0.39 is 0 Å². The van der Waals surface area contributed by atoms with Gasteiger partial charge in [-0.1, -0.05) is 13.0 Å². The van der Waals surface area contributed by atoms with Crippen LogP contribution in [0.3, 0.4) is 0 Å². The Morgan fingerprint density at radius 3 is 3.06 bits per heavy atom. The van der Waals surface area contributed by atoms with Crippen LogP contribution in [-0.4, -0.2) is 21.5 Å². The first-order chi connectivity index (χ1) is 8.34. The molecular weight excluding hydrogens is 212 g/mol. The fraction of sp³-hybridized carbons (Fsp3) is 0.308. The molecule has 1 N–H and O–H groups in total. The molecule has 4 heteroatoms. The molecule has 86 valence electrons. The number of nitrogens with zero attached hydrogens (tertiary/aromatic N) is 3. The summed E-state index contributed by atoms with van der Waals surface area (Å²) in [5, 5.41) is 3.35. The summed E-state index contributed by atoms with van der Waals surface area (Å²) in [6.07, 6.45) is 3.68. The van der Waals surface area contributed by atoms with Crippen LogP contribution in [0.15, 0.2) is 30.6 Å². The van der Waals surface area contributed by atoms with Crippen molar-refractivity contribution in [3.05, 3.63) is 41.9 Å². The molecule has 0 bridgehead atoms. The zero-order valence-electron chi connectivity index (χ0n) is 9.72. The largest absolute Gasteiger partial charge is 0.312 e. The van der Waals surface area contributed by atoms with Gasteiger partial charge in [-0.3, -0.25) is 4.98 Å². The van der Waals surface area contributed by atoms with Gasteiger partial charge in [0.15, 0.2) is 5.82 Å².